The van der Waals surface area contributed by atoms with Gasteiger partial charge in [0.15, 0.2) is 0 Å². The van der Waals surface area contributed by atoms with E-state index in [4.69, 9.17) is 0 Å². The van der Waals surface area contributed by atoms with Crippen LogP contribution in [0.2, 0.25) is 0 Å². The van der Waals surface area contributed by atoms with Gasteiger partial charge in [-0.2, -0.15) is 0 Å². The normalized spacial score (nSPS) is 19.0. The quantitative estimate of drug-likeness (QED) is 0.845. The van der Waals surface area contributed by atoms with E-state index in [0.29, 0.717) is 12.2 Å². The zero-order chi connectivity index (χ0) is 16.9. The van der Waals surface area contributed by atoms with Crippen molar-refractivity contribution in [2.24, 2.45) is 0 Å². The van der Waals surface area contributed by atoms with E-state index in [1.807, 2.05) is 0 Å². The third-order valence-corrected chi connectivity index (χ3v) is 4.24. The van der Waals surface area contributed by atoms with E-state index in [1.165, 1.54) is 16.8 Å². The van der Waals surface area contributed by atoms with Crippen LogP contribution in [0.3, 0.4) is 0 Å². The molecule has 2 heterocycles. The third kappa shape index (κ3) is 3.94. The molecule has 2 unspecified atom stereocenters. The highest BCUT2D eigenvalue weighted by Gasteiger charge is 2.26. The lowest BCUT2D eigenvalue weighted by Crippen LogP contribution is -2.48. The maximum absolute atomic E-state index is 13.1. The van der Waals surface area contributed by atoms with Crippen LogP contribution in [0.15, 0.2) is 24.3 Å². The number of halogens is 1. The summed E-state index contributed by atoms with van der Waals surface area (Å²) in [5.41, 5.74) is 0.855. The maximum Gasteiger partial charge on any atom is 0.245 e. The van der Waals surface area contributed by atoms with E-state index in [0.717, 1.165) is 31.5 Å². The summed E-state index contributed by atoms with van der Waals surface area (Å²) in [6.07, 6.45) is 2.40. The number of carbonyl (C=O) groups is 1. The van der Waals surface area contributed by atoms with Gasteiger partial charge in [-0.3, -0.25) is 4.79 Å². The summed E-state index contributed by atoms with van der Waals surface area (Å²) in [5, 5.41) is 17.8. The summed E-state index contributed by atoms with van der Waals surface area (Å²) in [4.78, 5) is 12.8. The van der Waals surface area contributed by atoms with E-state index in [9.17, 15) is 9.18 Å². The fourth-order valence-electron chi connectivity index (χ4n) is 2.93. The van der Waals surface area contributed by atoms with Gasteiger partial charge in [-0.15, -0.1) is 5.10 Å². The molecular weight excluding hydrogens is 311 g/mol. The van der Waals surface area contributed by atoms with Gasteiger partial charge in [0.1, 0.15) is 17.7 Å². The van der Waals surface area contributed by atoms with Crippen molar-refractivity contribution in [3.63, 3.8) is 0 Å². The highest BCUT2D eigenvalue weighted by atomic mass is 19.1. The number of aryl methyl sites for hydroxylation is 1. The molecule has 8 heteroatoms. The van der Waals surface area contributed by atoms with Gasteiger partial charge in [0.2, 0.25) is 5.91 Å². The lowest BCUT2D eigenvalue weighted by atomic mass is 10.0. The van der Waals surface area contributed by atoms with Crippen LogP contribution in [-0.4, -0.2) is 45.2 Å². The van der Waals surface area contributed by atoms with Crippen molar-refractivity contribution in [1.82, 2.24) is 30.8 Å². The number of rotatable bonds is 5. The molecule has 1 fully saturated rings. The van der Waals surface area contributed by atoms with E-state index < -0.39 is 6.04 Å². The van der Waals surface area contributed by atoms with Crippen LogP contribution in [0.5, 0.6) is 0 Å². The summed E-state index contributed by atoms with van der Waals surface area (Å²) in [6.45, 7) is 3.51. The van der Waals surface area contributed by atoms with E-state index >= 15 is 0 Å². The lowest BCUT2D eigenvalue weighted by molar-refractivity contribution is -0.125. The second-order valence-electron chi connectivity index (χ2n) is 6.07. The predicted octanol–water partition coefficient (Wildman–Crippen LogP) is 0.773. The number of nitrogens with one attached hydrogen (secondary N) is 2. The molecule has 3 rings (SSSR count). The van der Waals surface area contributed by atoms with Crippen molar-refractivity contribution in [3.05, 3.63) is 41.5 Å². The number of carbonyl (C=O) groups excluding carboxylic acids is 1. The molecule has 1 aromatic heterocycles. The molecule has 0 spiro atoms. The summed E-state index contributed by atoms with van der Waals surface area (Å²) in [5.74, 6) is 0.147. The highest BCUT2D eigenvalue weighted by molar-refractivity contribution is 5.80. The second kappa shape index (κ2) is 7.48. The first-order valence-corrected chi connectivity index (χ1v) is 8.13. The first kappa shape index (κ1) is 16.5. The Bertz CT molecular complexity index is 680. The Morgan fingerprint density at radius 2 is 2.25 bits per heavy atom. The summed E-state index contributed by atoms with van der Waals surface area (Å²) >= 11 is 0. The van der Waals surface area contributed by atoms with Crippen molar-refractivity contribution in [1.29, 1.82) is 0 Å². The Morgan fingerprint density at radius 1 is 1.46 bits per heavy atom. The van der Waals surface area contributed by atoms with E-state index in [-0.39, 0.29) is 17.8 Å². The Kier molecular flexibility index (Phi) is 5.14. The maximum atomic E-state index is 13.1. The van der Waals surface area contributed by atoms with Gasteiger partial charge >= 0.3 is 0 Å². The Labute approximate surface area is 139 Å². The first-order valence-electron chi connectivity index (χ1n) is 8.13. The van der Waals surface area contributed by atoms with Gasteiger partial charge in [-0.05, 0) is 54.4 Å². The first-order chi connectivity index (χ1) is 11.6. The average molecular weight is 332 g/mol. The molecule has 2 aromatic rings. The van der Waals surface area contributed by atoms with Crippen LogP contribution in [0.4, 0.5) is 4.39 Å². The number of hydrogen-bond acceptors (Lipinski definition) is 5. The Balaban J connectivity index is 1.77. The van der Waals surface area contributed by atoms with Crippen LogP contribution < -0.4 is 10.6 Å². The number of piperidine rings is 1. The molecule has 0 radical (unpaired) electrons. The lowest BCUT2D eigenvalue weighted by Gasteiger charge is -2.26. The fraction of sp³-hybridized carbons (Fsp3) is 0.500. The SMILES string of the molecule is Cc1nnnn1C(Cc1ccc(F)cc1)C(=O)NC1CCCNC1. The van der Waals surface area contributed by atoms with Crippen molar-refractivity contribution in [2.45, 2.75) is 38.3 Å². The van der Waals surface area contributed by atoms with Gasteiger partial charge < -0.3 is 10.6 Å². The van der Waals surface area contributed by atoms with Crippen LogP contribution in [0, 0.1) is 12.7 Å². The topological polar surface area (TPSA) is 84.7 Å². The summed E-state index contributed by atoms with van der Waals surface area (Å²) in [7, 11) is 0. The molecule has 2 atom stereocenters. The third-order valence-electron chi connectivity index (χ3n) is 4.24. The summed E-state index contributed by atoms with van der Waals surface area (Å²) in [6, 6.07) is 5.68. The van der Waals surface area contributed by atoms with Crippen LogP contribution in [-0.2, 0) is 11.2 Å². The van der Waals surface area contributed by atoms with Crippen LogP contribution >= 0.6 is 0 Å². The van der Waals surface area contributed by atoms with Gasteiger partial charge in [-0.1, -0.05) is 12.1 Å². The molecule has 1 aromatic carbocycles. The van der Waals surface area contributed by atoms with Crippen molar-refractivity contribution < 1.29 is 9.18 Å². The zero-order valence-corrected chi connectivity index (χ0v) is 13.6. The van der Waals surface area contributed by atoms with Crippen LogP contribution in [0.1, 0.15) is 30.3 Å². The molecule has 1 aliphatic rings. The number of nitrogens with zero attached hydrogens (tertiary/aromatic N) is 4. The average Bonchev–Trinajstić information content (AvgIpc) is 3.01. The molecule has 0 bridgehead atoms. The largest absolute Gasteiger partial charge is 0.350 e. The van der Waals surface area contributed by atoms with Gasteiger partial charge in [0.05, 0.1) is 0 Å². The molecule has 1 amide bonds. The molecule has 0 saturated carbocycles. The van der Waals surface area contributed by atoms with E-state index in [2.05, 4.69) is 26.2 Å². The number of tetrazole rings is 1. The number of aromatic nitrogens is 4. The zero-order valence-electron chi connectivity index (χ0n) is 13.6. The molecule has 2 N–H and O–H groups in total. The van der Waals surface area contributed by atoms with Crippen molar-refractivity contribution >= 4 is 5.91 Å². The standard InChI is InChI=1S/C16H21FN6O/c1-11-20-21-22-23(11)15(9-12-4-6-13(17)7-5-12)16(24)19-14-3-2-8-18-10-14/h4-7,14-15,18H,2-3,8-10H2,1H3,(H,19,24). The predicted molar refractivity (Wildman–Crippen MR) is 85.7 cm³/mol. The fourth-order valence-corrected chi connectivity index (χ4v) is 2.93. The Hall–Kier alpha value is -2.35. The molecular formula is C16H21FN6O. The highest BCUT2D eigenvalue weighted by Crippen LogP contribution is 2.16. The molecule has 7 nitrogen and oxygen atoms in total. The monoisotopic (exact) mass is 332 g/mol. The van der Waals surface area contributed by atoms with Gasteiger partial charge in [0.25, 0.3) is 0 Å². The molecule has 24 heavy (non-hydrogen) atoms. The number of hydrogen-bond donors (Lipinski definition) is 2. The minimum atomic E-state index is -0.563. The van der Waals surface area contributed by atoms with Crippen LogP contribution in [0.25, 0.3) is 0 Å². The number of benzene rings is 1. The van der Waals surface area contributed by atoms with Gasteiger partial charge in [-0.25, -0.2) is 9.07 Å². The molecule has 128 valence electrons. The minimum Gasteiger partial charge on any atom is -0.350 e. The smallest absolute Gasteiger partial charge is 0.245 e. The van der Waals surface area contributed by atoms with Crippen molar-refractivity contribution in [2.75, 3.05) is 13.1 Å². The van der Waals surface area contributed by atoms with Gasteiger partial charge in [0, 0.05) is 19.0 Å². The number of amides is 1. The molecule has 1 saturated heterocycles. The molecule has 1 aliphatic heterocycles. The van der Waals surface area contributed by atoms with Crippen molar-refractivity contribution in [3.8, 4) is 0 Å². The summed E-state index contributed by atoms with van der Waals surface area (Å²) < 4.78 is 14.6. The second-order valence-corrected chi connectivity index (χ2v) is 6.07. The molecule has 0 aliphatic carbocycles. The minimum absolute atomic E-state index is 0.110. The van der Waals surface area contributed by atoms with E-state index in [1.54, 1.807) is 19.1 Å². The Morgan fingerprint density at radius 3 is 2.88 bits per heavy atom.